The maximum atomic E-state index is 13.0. The molecule has 2 N–H and O–H groups in total. The van der Waals surface area contributed by atoms with Crippen LogP contribution in [0.1, 0.15) is 5.56 Å². The van der Waals surface area contributed by atoms with E-state index in [2.05, 4.69) is 10.1 Å². The molecule has 0 amide bonds. The fourth-order valence-corrected chi connectivity index (χ4v) is 1.12. The second-order valence-corrected chi connectivity index (χ2v) is 2.56. The molecule has 4 nitrogen and oxygen atoms in total. The third-order valence-corrected chi connectivity index (χ3v) is 1.72. The van der Waals surface area contributed by atoms with E-state index in [1.54, 1.807) is 6.92 Å². The number of aromatic nitrogens is 3. The molecule has 0 aliphatic rings. The second-order valence-electron chi connectivity index (χ2n) is 2.56. The smallest absolute Gasteiger partial charge is 0.165 e. The van der Waals surface area contributed by atoms with Gasteiger partial charge in [0.15, 0.2) is 17.3 Å². The minimum atomic E-state index is -0.467. The van der Waals surface area contributed by atoms with Crippen LogP contribution in [0, 0.1) is 12.7 Å². The van der Waals surface area contributed by atoms with Crippen molar-refractivity contribution in [2.75, 3.05) is 5.73 Å². The number of hydrogen-bond acceptors (Lipinski definition) is 3. The topological polar surface area (TPSA) is 56.2 Å². The van der Waals surface area contributed by atoms with E-state index < -0.39 is 5.82 Å². The van der Waals surface area contributed by atoms with Gasteiger partial charge in [-0.25, -0.2) is 9.37 Å². The molecule has 0 aliphatic heterocycles. The highest BCUT2D eigenvalue weighted by atomic mass is 19.1. The van der Waals surface area contributed by atoms with Crippen molar-refractivity contribution in [1.29, 1.82) is 0 Å². The van der Waals surface area contributed by atoms with Crippen LogP contribution in [0.15, 0.2) is 12.4 Å². The molecule has 0 saturated heterocycles. The summed E-state index contributed by atoms with van der Waals surface area (Å²) in [7, 11) is 0. The first kappa shape index (κ1) is 7.02. The molecular weight excluding hydrogens is 159 g/mol. The summed E-state index contributed by atoms with van der Waals surface area (Å²) in [6, 6.07) is 1.35. The normalized spacial score (nSPS) is 10.8. The summed E-state index contributed by atoms with van der Waals surface area (Å²) in [6.07, 6.45) is 1.35. The van der Waals surface area contributed by atoms with E-state index in [1.807, 2.05) is 0 Å². The van der Waals surface area contributed by atoms with E-state index in [0.29, 0.717) is 5.65 Å². The summed E-state index contributed by atoms with van der Waals surface area (Å²) in [6.45, 7) is 1.76. The van der Waals surface area contributed by atoms with Crippen molar-refractivity contribution in [3.8, 4) is 0 Å². The van der Waals surface area contributed by atoms with Gasteiger partial charge >= 0.3 is 0 Å². The van der Waals surface area contributed by atoms with Gasteiger partial charge in [0.05, 0.1) is 0 Å². The number of nitrogen functional groups attached to an aromatic ring is 1. The molecule has 62 valence electrons. The van der Waals surface area contributed by atoms with Gasteiger partial charge in [-0.2, -0.15) is 9.61 Å². The van der Waals surface area contributed by atoms with Crippen LogP contribution in [-0.2, 0) is 0 Å². The number of nitrogens with two attached hydrogens (primary N) is 1. The summed E-state index contributed by atoms with van der Waals surface area (Å²) in [5.41, 5.74) is 6.73. The van der Waals surface area contributed by atoms with Gasteiger partial charge < -0.3 is 5.73 Å². The van der Waals surface area contributed by atoms with E-state index in [0.717, 1.165) is 5.56 Å². The molecule has 12 heavy (non-hydrogen) atoms. The maximum Gasteiger partial charge on any atom is 0.165 e. The number of anilines is 1. The molecule has 2 rings (SSSR count). The predicted molar refractivity (Wildman–Crippen MR) is 42.1 cm³/mol. The molecular formula is C7H7FN4. The molecule has 0 fully saturated rings. The molecule has 0 atom stereocenters. The Morgan fingerprint density at radius 3 is 3.08 bits per heavy atom. The van der Waals surface area contributed by atoms with Gasteiger partial charge in [-0.15, -0.1) is 0 Å². The number of nitrogens with zero attached hydrogens (tertiary/aromatic N) is 3. The van der Waals surface area contributed by atoms with Crippen LogP contribution in [0.2, 0.25) is 0 Å². The lowest BCUT2D eigenvalue weighted by molar-refractivity contribution is 0.620. The summed E-state index contributed by atoms with van der Waals surface area (Å²) in [4.78, 5) is 3.93. The molecule has 0 spiro atoms. The van der Waals surface area contributed by atoms with Crippen molar-refractivity contribution in [1.82, 2.24) is 14.6 Å². The summed E-state index contributed by atoms with van der Waals surface area (Å²) in [5.74, 6) is -0.474. The summed E-state index contributed by atoms with van der Waals surface area (Å²) < 4.78 is 14.3. The third kappa shape index (κ3) is 0.761. The quantitative estimate of drug-likeness (QED) is 0.628. The Balaban J connectivity index is 2.97. The lowest BCUT2D eigenvalue weighted by atomic mass is 10.3. The number of aryl methyl sites for hydroxylation is 1. The minimum absolute atomic E-state index is 0.00639. The predicted octanol–water partition coefficient (Wildman–Crippen LogP) is 0.759. The summed E-state index contributed by atoms with van der Waals surface area (Å²) in [5, 5.41) is 3.78. The van der Waals surface area contributed by atoms with Gasteiger partial charge in [0.25, 0.3) is 0 Å². The maximum absolute atomic E-state index is 13.0. The second kappa shape index (κ2) is 2.17. The molecule has 2 aromatic rings. The van der Waals surface area contributed by atoms with Gasteiger partial charge in [0.1, 0.15) is 6.33 Å². The van der Waals surface area contributed by atoms with Crippen LogP contribution in [0.4, 0.5) is 10.2 Å². The van der Waals surface area contributed by atoms with E-state index in [4.69, 9.17) is 5.73 Å². The van der Waals surface area contributed by atoms with Crippen molar-refractivity contribution in [3.63, 3.8) is 0 Å². The highest BCUT2D eigenvalue weighted by molar-refractivity contribution is 5.52. The zero-order valence-electron chi connectivity index (χ0n) is 6.45. The van der Waals surface area contributed by atoms with Crippen molar-refractivity contribution < 1.29 is 4.39 Å². The molecule has 2 heterocycles. The van der Waals surface area contributed by atoms with Crippen LogP contribution in [0.5, 0.6) is 0 Å². The SMILES string of the molecule is Cc1cc(F)c(N)n2ncnc12. The largest absolute Gasteiger partial charge is 0.381 e. The van der Waals surface area contributed by atoms with Crippen molar-refractivity contribution in [2.45, 2.75) is 6.92 Å². The van der Waals surface area contributed by atoms with Gasteiger partial charge in [-0.1, -0.05) is 0 Å². The van der Waals surface area contributed by atoms with Crippen molar-refractivity contribution in [2.24, 2.45) is 0 Å². The molecule has 0 bridgehead atoms. The van der Waals surface area contributed by atoms with Gasteiger partial charge in [-0.05, 0) is 18.6 Å². The average Bonchev–Trinajstić information content (AvgIpc) is 2.48. The zero-order valence-corrected chi connectivity index (χ0v) is 6.45. The molecule has 0 aromatic carbocycles. The molecule has 5 heteroatoms. The number of hydrogen-bond donors (Lipinski definition) is 1. The first-order chi connectivity index (χ1) is 5.70. The fraction of sp³-hybridized carbons (Fsp3) is 0.143. The van der Waals surface area contributed by atoms with Crippen LogP contribution in [0.3, 0.4) is 0 Å². The lowest BCUT2D eigenvalue weighted by Crippen LogP contribution is -2.03. The van der Waals surface area contributed by atoms with Crippen molar-refractivity contribution in [3.05, 3.63) is 23.8 Å². The zero-order chi connectivity index (χ0) is 8.72. The Kier molecular flexibility index (Phi) is 1.27. The first-order valence-electron chi connectivity index (χ1n) is 3.44. The Labute approximate surface area is 67.8 Å². The average molecular weight is 166 g/mol. The van der Waals surface area contributed by atoms with Crippen LogP contribution in [-0.4, -0.2) is 14.6 Å². The summed E-state index contributed by atoms with van der Waals surface area (Å²) >= 11 is 0. The van der Waals surface area contributed by atoms with Crippen LogP contribution in [0.25, 0.3) is 5.65 Å². The van der Waals surface area contributed by atoms with Crippen molar-refractivity contribution >= 4 is 11.5 Å². The van der Waals surface area contributed by atoms with Gasteiger partial charge in [-0.3, -0.25) is 0 Å². The van der Waals surface area contributed by atoms with Crippen LogP contribution < -0.4 is 5.73 Å². The number of fused-ring (bicyclic) bond motifs is 1. The number of rotatable bonds is 0. The molecule has 0 unspecified atom stereocenters. The van der Waals surface area contributed by atoms with E-state index in [-0.39, 0.29) is 5.82 Å². The highest BCUT2D eigenvalue weighted by Crippen LogP contribution is 2.14. The Morgan fingerprint density at radius 2 is 2.33 bits per heavy atom. The first-order valence-corrected chi connectivity index (χ1v) is 3.44. The third-order valence-electron chi connectivity index (χ3n) is 1.72. The number of pyridine rings is 1. The molecule has 0 saturated carbocycles. The van der Waals surface area contributed by atoms with Crippen LogP contribution >= 0.6 is 0 Å². The minimum Gasteiger partial charge on any atom is -0.381 e. The van der Waals surface area contributed by atoms with Gasteiger partial charge in [0, 0.05) is 0 Å². The molecule has 0 aliphatic carbocycles. The van der Waals surface area contributed by atoms with E-state index in [9.17, 15) is 4.39 Å². The number of halogens is 1. The Hall–Kier alpha value is -1.65. The molecule has 0 radical (unpaired) electrons. The van der Waals surface area contributed by atoms with E-state index >= 15 is 0 Å². The highest BCUT2D eigenvalue weighted by Gasteiger charge is 2.07. The Bertz CT molecular complexity index is 434. The monoisotopic (exact) mass is 166 g/mol. The van der Waals surface area contributed by atoms with Gasteiger partial charge in [0.2, 0.25) is 0 Å². The fourth-order valence-electron chi connectivity index (χ4n) is 1.12. The standard InChI is InChI=1S/C7H7FN4/c1-4-2-5(8)6(9)12-7(4)10-3-11-12/h2-3H,9H2,1H3. The molecule has 2 aromatic heterocycles. The van der Waals surface area contributed by atoms with E-state index in [1.165, 1.54) is 16.9 Å². The Morgan fingerprint density at radius 1 is 1.58 bits per heavy atom. The lowest BCUT2D eigenvalue weighted by Gasteiger charge is -2.01.